The lowest BCUT2D eigenvalue weighted by Crippen LogP contribution is -2.45. The molecule has 2 rings (SSSR count). The van der Waals surface area contributed by atoms with Gasteiger partial charge < -0.3 is 10.6 Å². The van der Waals surface area contributed by atoms with E-state index in [9.17, 15) is 4.79 Å². The second kappa shape index (κ2) is 4.96. The van der Waals surface area contributed by atoms with Gasteiger partial charge in [0.05, 0.1) is 0 Å². The average Bonchev–Trinajstić information content (AvgIpc) is 2.98. The molecule has 1 aliphatic carbocycles. The number of carbonyl (C=O) groups excluding carboxylic acids is 1. The van der Waals surface area contributed by atoms with Gasteiger partial charge in [-0.1, -0.05) is 13.8 Å². The first kappa shape index (κ1) is 12.2. The molecule has 2 N–H and O–H groups in total. The Morgan fingerprint density at radius 1 is 1.38 bits per heavy atom. The van der Waals surface area contributed by atoms with Crippen LogP contribution in [0.4, 0.5) is 0 Å². The van der Waals surface area contributed by atoms with Gasteiger partial charge >= 0.3 is 0 Å². The summed E-state index contributed by atoms with van der Waals surface area (Å²) < 4.78 is 0. The minimum absolute atomic E-state index is 0.104. The summed E-state index contributed by atoms with van der Waals surface area (Å²) in [7, 11) is 0. The van der Waals surface area contributed by atoms with Crippen molar-refractivity contribution >= 4 is 17.7 Å². The smallest absolute Gasteiger partial charge is 0.224 e. The number of nitrogens with zero attached hydrogens (tertiary/aromatic N) is 1. The molecule has 3 nitrogen and oxygen atoms in total. The Balaban J connectivity index is 1.83. The molecule has 0 bridgehead atoms. The summed E-state index contributed by atoms with van der Waals surface area (Å²) in [6, 6.07) is 0.104. The Morgan fingerprint density at radius 2 is 1.94 bits per heavy atom. The van der Waals surface area contributed by atoms with Crippen LogP contribution in [-0.4, -0.2) is 40.4 Å². The highest BCUT2D eigenvalue weighted by Crippen LogP contribution is 2.33. The highest BCUT2D eigenvalue weighted by atomic mass is 32.2. The van der Waals surface area contributed by atoms with Gasteiger partial charge in [0.2, 0.25) is 5.91 Å². The molecule has 0 aromatic rings. The van der Waals surface area contributed by atoms with Gasteiger partial charge in [-0.05, 0) is 18.8 Å². The molecule has 1 saturated carbocycles. The van der Waals surface area contributed by atoms with Gasteiger partial charge in [0, 0.05) is 36.1 Å². The molecule has 2 aliphatic rings. The van der Waals surface area contributed by atoms with E-state index in [1.807, 2.05) is 16.7 Å². The Bertz CT molecular complexity index is 258. The van der Waals surface area contributed by atoms with Crippen LogP contribution in [-0.2, 0) is 4.79 Å². The van der Waals surface area contributed by atoms with E-state index in [0.717, 1.165) is 13.1 Å². The number of amides is 1. The minimum atomic E-state index is 0.104. The molecule has 0 radical (unpaired) electrons. The number of hydrogen-bond acceptors (Lipinski definition) is 3. The highest BCUT2D eigenvalue weighted by Gasteiger charge is 2.32. The SMILES string of the molecule is CC1CN(C(=O)CC(N)C2CC2)CC(C)S1. The predicted octanol–water partition coefficient (Wildman–Crippen LogP) is 1.47. The standard InChI is InChI=1S/C12H22N2OS/c1-8-6-14(7-9(2)16-8)12(15)5-11(13)10-3-4-10/h8-11H,3-7,13H2,1-2H3. The molecule has 2 fully saturated rings. The summed E-state index contributed by atoms with van der Waals surface area (Å²) in [5.41, 5.74) is 6.00. The van der Waals surface area contributed by atoms with Gasteiger partial charge in [0.15, 0.2) is 0 Å². The van der Waals surface area contributed by atoms with Crippen LogP contribution in [0, 0.1) is 5.92 Å². The van der Waals surface area contributed by atoms with Crippen LogP contribution in [0.25, 0.3) is 0 Å². The summed E-state index contributed by atoms with van der Waals surface area (Å²) in [5, 5.41) is 1.12. The van der Waals surface area contributed by atoms with Gasteiger partial charge in [0.25, 0.3) is 0 Å². The molecular weight excluding hydrogens is 220 g/mol. The number of carbonyl (C=O) groups is 1. The zero-order valence-electron chi connectivity index (χ0n) is 10.2. The first-order chi connectivity index (χ1) is 7.56. The predicted molar refractivity (Wildman–Crippen MR) is 68.4 cm³/mol. The average molecular weight is 242 g/mol. The first-order valence-corrected chi connectivity index (χ1v) is 7.19. The molecule has 1 saturated heterocycles. The van der Waals surface area contributed by atoms with E-state index in [1.165, 1.54) is 12.8 Å². The van der Waals surface area contributed by atoms with Crippen LogP contribution in [0.15, 0.2) is 0 Å². The third-order valence-corrected chi connectivity index (χ3v) is 4.64. The Labute approximate surface area is 102 Å². The van der Waals surface area contributed by atoms with Crippen molar-refractivity contribution in [3.63, 3.8) is 0 Å². The molecule has 16 heavy (non-hydrogen) atoms. The molecule has 3 atom stereocenters. The van der Waals surface area contributed by atoms with Crippen molar-refractivity contribution in [1.82, 2.24) is 4.90 Å². The Kier molecular flexibility index (Phi) is 3.80. The Morgan fingerprint density at radius 3 is 2.44 bits per heavy atom. The van der Waals surface area contributed by atoms with E-state index in [1.54, 1.807) is 0 Å². The lowest BCUT2D eigenvalue weighted by Gasteiger charge is -2.35. The maximum absolute atomic E-state index is 12.1. The monoisotopic (exact) mass is 242 g/mol. The number of hydrogen-bond donors (Lipinski definition) is 1. The van der Waals surface area contributed by atoms with Crippen LogP contribution in [0.5, 0.6) is 0 Å². The fraction of sp³-hybridized carbons (Fsp3) is 0.917. The molecule has 0 aromatic heterocycles. The zero-order chi connectivity index (χ0) is 11.7. The molecule has 0 spiro atoms. The third kappa shape index (κ3) is 3.14. The van der Waals surface area contributed by atoms with Crippen molar-refractivity contribution in [3.8, 4) is 0 Å². The fourth-order valence-electron chi connectivity index (χ4n) is 2.40. The Hall–Kier alpha value is -0.220. The van der Waals surface area contributed by atoms with Crippen molar-refractivity contribution in [2.24, 2.45) is 11.7 Å². The second-order valence-corrected chi connectivity index (χ2v) is 7.14. The van der Waals surface area contributed by atoms with Crippen LogP contribution < -0.4 is 5.73 Å². The zero-order valence-corrected chi connectivity index (χ0v) is 11.0. The van der Waals surface area contributed by atoms with Gasteiger partial charge in [-0.15, -0.1) is 0 Å². The lowest BCUT2D eigenvalue weighted by molar-refractivity contribution is -0.131. The van der Waals surface area contributed by atoms with Crippen LogP contribution >= 0.6 is 11.8 Å². The molecule has 4 heteroatoms. The lowest BCUT2D eigenvalue weighted by atomic mass is 10.1. The minimum Gasteiger partial charge on any atom is -0.340 e. The van der Waals surface area contributed by atoms with Gasteiger partial charge in [-0.25, -0.2) is 0 Å². The molecule has 1 amide bonds. The van der Waals surface area contributed by atoms with E-state index in [2.05, 4.69) is 13.8 Å². The number of thioether (sulfide) groups is 1. The molecule has 1 heterocycles. The van der Waals surface area contributed by atoms with Crippen LogP contribution in [0.2, 0.25) is 0 Å². The van der Waals surface area contributed by atoms with E-state index in [0.29, 0.717) is 22.8 Å². The van der Waals surface area contributed by atoms with Crippen molar-refractivity contribution in [2.75, 3.05) is 13.1 Å². The van der Waals surface area contributed by atoms with E-state index >= 15 is 0 Å². The number of nitrogens with two attached hydrogens (primary N) is 1. The molecular formula is C12H22N2OS. The first-order valence-electron chi connectivity index (χ1n) is 6.25. The van der Waals surface area contributed by atoms with Gasteiger partial charge in [0.1, 0.15) is 0 Å². The summed E-state index contributed by atoms with van der Waals surface area (Å²) in [6.45, 7) is 6.18. The maximum Gasteiger partial charge on any atom is 0.224 e. The van der Waals surface area contributed by atoms with E-state index in [4.69, 9.17) is 5.73 Å². The quantitative estimate of drug-likeness (QED) is 0.815. The molecule has 92 valence electrons. The normalized spacial score (nSPS) is 32.6. The molecule has 3 unspecified atom stereocenters. The third-order valence-electron chi connectivity index (χ3n) is 3.41. The van der Waals surface area contributed by atoms with Gasteiger partial charge in [-0.2, -0.15) is 11.8 Å². The maximum atomic E-state index is 12.1. The highest BCUT2D eigenvalue weighted by molar-refractivity contribution is 8.00. The summed E-state index contributed by atoms with van der Waals surface area (Å²) in [6.07, 6.45) is 2.99. The largest absolute Gasteiger partial charge is 0.340 e. The summed E-state index contributed by atoms with van der Waals surface area (Å²) in [4.78, 5) is 14.1. The van der Waals surface area contributed by atoms with E-state index in [-0.39, 0.29) is 11.9 Å². The van der Waals surface area contributed by atoms with Crippen LogP contribution in [0.3, 0.4) is 0 Å². The number of rotatable bonds is 3. The topological polar surface area (TPSA) is 46.3 Å². The van der Waals surface area contributed by atoms with E-state index < -0.39 is 0 Å². The fourth-order valence-corrected chi connectivity index (χ4v) is 3.73. The van der Waals surface area contributed by atoms with Crippen molar-refractivity contribution < 1.29 is 4.79 Å². The second-order valence-electron chi connectivity index (χ2n) is 5.26. The summed E-state index contributed by atoms with van der Waals surface area (Å²) in [5.74, 6) is 0.886. The van der Waals surface area contributed by atoms with Gasteiger partial charge in [-0.3, -0.25) is 4.79 Å². The van der Waals surface area contributed by atoms with Crippen molar-refractivity contribution in [2.45, 2.75) is 49.7 Å². The summed E-state index contributed by atoms with van der Waals surface area (Å²) >= 11 is 1.97. The molecule has 0 aromatic carbocycles. The van der Waals surface area contributed by atoms with Crippen molar-refractivity contribution in [1.29, 1.82) is 0 Å². The molecule has 1 aliphatic heterocycles. The van der Waals surface area contributed by atoms with Crippen LogP contribution in [0.1, 0.15) is 33.1 Å². The van der Waals surface area contributed by atoms with Crippen molar-refractivity contribution in [3.05, 3.63) is 0 Å².